The summed E-state index contributed by atoms with van der Waals surface area (Å²) in [6.07, 6.45) is 3.97. The van der Waals surface area contributed by atoms with Crippen LogP contribution in [-0.2, 0) is 0 Å². The maximum atomic E-state index is 12.0. The maximum Gasteiger partial charge on any atom is 0.252 e. The topological polar surface area (TPSA) is 54.0 Å². The molecule has 2 heterocycles. The molecule has 1 aliphatic rings. The Hall–Kier alpha value is -0.840. The summed E-state index contributed by atoms with van der Waals surface area (Å²) in [4.78, 5) is 16.1. The van der Waals surface area contributed by atoms with Crippen LogP contribution in [0.1, 0.15) is 35.8 Å². The summed E-state index contributed by atoms with van der Waals surface area (Å²) in [7, 11) is 0. The Morgan fingerprint density at radius 3 is 2.75 bits per heavy atom. The van der Waals surface area contributed by atoms with Crippen molar-refractivity contribution in [3.63, 3.8) is 0 Å². The highest BCUT2D eigenvalue weighted by molar-refractivity contribution is 5.93. The minimum atomic E-state index is -0.0331. The molecule has 114 valence electrons. The number of rotatable bonds is 3. The summed E-state index contributed by atoms with van der Waals surface area (Å²) in [6, 6.07) is 3.68. The first-order chi connectivity index (χ1) is 8.59. The molecule has 20 heavy (non-hydrogen) atoms. The number of aryl methyl sites for hydroxylation is 1. The Labute approximate surface area is 132 Å². The molecule has 4 nitrogen and oxygen atoms in total. The number of nitrogens with one attached hydrogen (secondary N) is 2. The van der Waals surface area contributed by atoms with Crippen molar-refractivity contribution in [3.05, 3.63) is 29.6 Å². The van der Waals surface area contributed by atoms with Crippen molar-refractivity contribution >= 4 is 30.7 Å². The zero-order chi connectivity index (χ0) is 13.0. The van der Waals surface area contributed by atoms with Crippen LogP contribution in [-0.4, -0.2) is 30.5 Å². The number of halogens is 2. The number of carbonyl (C=O) groups is 1. The molecule has 1 atom stereocenters. The second-order valence-corrected chi connectivity index (χ2v) is 5.46. The van der Waals surface area contributed by atoms with Crippen LogP contribution < -0.4 is 10.6 Å². The molecular formula is C14H23Cl2N3O. The normalized spacial score (nSPS) is 21.3. The summed E-state index contributed by atoms with van der Waals surface area (Å²) in [5.74, 6) is -0.0331. The number of hydrogen-bond donors (Lipinski definition) is 2. The van der Waals surface area contributed by atoms with Crippen LogP contribution in [0.25, 0.3) is 0 Å². The molecule has 0 saturated carbocycles. The van der Waals surface area contributed by atoms with Crippen molar-refractivity contribution in [2.24, 2.45) is 5.41 Å². The molecular weight excluding hydrogens is 297 g/mol. The predicted molar refractivity (Wildman–Crippen MR) is 86.0 cm³/mol. The average Bonchev–Trinajstić information content (AvgIpc) is 2.38. The van der Waals surface area contributed by atoms with E-state index in [9.17, 15) is 4.79 Å². The van der Waals surface area contributed by atoms with E-state index in [4.69, 9.17) is 0 Å². The summed E-state index contributed by atoms with van der Waals surface area (Å²) >= 11 is 0. The minimum absolute atomic E-state index is 0. The van der Waals surface area contributed by atoms with Crippen molar-refractivity contribution in [2.75, 3.05) is 19.6 Å². The second kappa shape index (κ2) is 8.45. The van der Waals surface area contributed by atoms with Gasteiger partial charge in [0.2, 0.25) is 0 Å². The molecule has 1 aromatic heterocycles. The summed E-state index contributed by atoms with van der Waals surface area (Å²) in [5.41, 5.74) is 1.73. The first kappa shape index (κ1) is 19.2. The molecule has 0 aliphatic carbocycles. The molecule has 1 aromatic rings. The lowest BCUT2D eigenvalue weighted by Gasteiger charge is -2.34. The van der Waals surface area contributed by atoms with Crippen LogP contribution in [0.5, 0.6) is 0 Å². The van der Waals surface area contributed by atoms with Gasteiger partial charge in [-0.2, -0.15) is 0 Å². The number of nitrogens with zero attached hydrogens (tertiary/aromatic N) is 1. The number of carbonyl (C=O) groups excluding carboxylic acids is 1. The van der Waals surface area contributed by atoms with Crippen molar-refractivity contribution in [1.82, 2.24) is 15.6 Å². The molecule has 0 bridgehead atoms. The van der Waals surface area contributed by atoms with Gasteiger partial charge in [-0.25, -0.2) is 0 Å². The van der Waals surface area contributed by atoms with Gasteiger partial charge >= 0.3 is 0 Å². The monoisotopic (exact) mass is 319 g/mol. The van der Waals surface area contributed by atoms with Gasteiger partial charge in [0.25, 0.3) is 5.91 Å². The first-order valence-corrected chi connectivity index (χ1v) is 6.51. The average molecular weight is 320 g/mol. The molecule has 1 unspecified atom stereocenters. The lowest BCUT2D eigenvalue weighted by Crippen LogP contribution is -2.45. The molecule has 1 fully saturated rings. The lowest BCUT2D eigenvalue weighted by molar-refractivity contribution is 0.0924. The van der Waals surface area contributed by atoms with Crippen LogP contribution in [0.15, 0.2) is 18.3 Å². The molecule has 1 aliphatic heterocycles. The predicted octanol–water partition coefficient (Wildman–Crippen LogP) is 2.35. The highest BCUT2D eigenvalue weighted by atomic mass is 35.5. The van der Waals surface area contributed by atoms with Crippen molar-refractivity contribution in [1.29, 1.82) is 0 Å². The zero-order valence-corrected chi connectivity index (χ0v) is 13.6. The third-order valence-corrected chi connectivity index (χ3v) is 3.53. The Balaban J connectivity index is 0.00000180. The molecule has 6 heteroatoms. The Morgan fingerprint density at radius 1 is 1.45 bits per heavy atom. The Morgan fingerprint density at radius 2 is 2.20 bits per heavy atom. The number of amides is 1. The van der Waals surface area contributed by atoms with Gasteiger partial charge in [-0.05, 0) is 43.9 Å². The fourth-order valence-electron chi connectivity index (χ4n) is 2.27. The highest BCUT2D eigenvalue weighted by Crippen LogP contribution is 2.24. The number of aromatic nitrogens is 1. The van der Waals surface area contributed by atoms with E-state index >= 15 is 0 Å². The van der Waals surface area contributed by atoms with Gasteiger partial charge in [-0.15, -0.1) is 24.8 Å². The van der Waals surface area contributed by atoms with Gasteiger partial charge in [-0.3, -0.25) is 9.78 Å². The molecule has 1 saturated heterocycles. The molecule has 0 radical (unpaired) electrons. The van der Waals surface area contributed by atoms with E-state index in [0.717, 1.165) is 25.2 Å². The van der Waals surface area contributed by atoms with Gasteiger partial charge in [0.15, 0.2) is 0 Å². The standard InChI is InChI=1S/C14H21N3O.2ClH/c1-11-4-5-12(8-16-11)13(18)17-10-14(2)6-3-7-15-9-14;;/h4-5,8,15H,3,6-7,9-10H2,1-2H3,(H,17,18);2*1H. The Kier molecular flexibility index (Phi) is 8.09. The maximum absolute atomic E-state index is 12.0. The summed E-state index contributed by atoms with van der Waals surface area (Å²) in [5, 5.41) is 6.39. The van der Waals surface area contributed by atoms with E-state index in [2.05, 4.69) is 22.5 Å². The van der Waals surface area contributed by atoms with E-state index < -0.39 is 0 Å². The highest BCUT2D eigenvalue weighted by Gasteiger charge is 2.27. The van der Waals surface area contributed by atoms with E-state index in [1.807, 2.05) is 19.1 Å². The molecule has 1 amide bonds. The first-order valence-electron chi connectivity index (χ1n) is 6.51. The Bertz CT molecular complexity index is 417. The number of pyridine rings is 1. The number of piperidine rings is 1. The zero-order valence-electron chi connectivity index (χ0n) is 11.9. The second-order valence-electron chi connectivity index (χ2n) is 5.46. The SMILES string of the molecule is Cc1ccc(C(=O)NCC2(C)CCCNC2)cn1.Cl.Cl. The summed E-state index contributed by atoms with van der Waals surface area (Å²) < 4.78 is 0. The van der Waals surface area contributed by atoms with Crippen LogP contribution >= 0.6 is 24.8 Å². The van der Waals surface area contributed by atoms with Crippen LogP contribution in [0.4, 0.5) is 0 Å². The van der Waals surface area contributed by atoms with E-state index in [1.54, 1.807) is 6.20 Å². The smallest absolute Gasteiger partial charge is 0.252 e. The molecule has 2 N–H and O–H groups in total. The lowest BCUT2D eigenvalue weighted by atomic mass is 9.83. The summed E-state index contributed by atoms with van der Waals surface area (Å²) in [6.45, 7) is 6.90. The van der Waals surface area contributed by atoms with Crippen molar-refractivity contribution in [3.8, 4) is 0 Å². The van der Waals surface area contributed by atoms with Gasteiger partial charge in [0, 0.05) is 25.0 Å². The van der Waals surface area contributed by atoms with Crippen molar-refractivity contribution < 1.29 is 4.79 Å². The number of hydrogen-bond acceptors (Lipinski definition) is 3. The van der Waals surface area contributed by atoms with Gasteiger partial charge in [0.05, 0.1) is 5.56 Å². The van der Waals surface area contributed by atoms with Gasteiger partial charge in [-0.1, -0.05) is 6.92 Å². The van der Waals surface area contributed by atoms with E-state index in [-0.39, 0.29) is 36.1 Å². The van der Waals surface area contributed by atoms with Crippen LogP contribution in [0.2, 0.25) is 0 Å². The van der Waals surface area contributed by atoms with Crippen LogP contribution in [0.3, 0.4) is 0 Å². The van der Waals surface area contributed by atoms with Crippen LogP contribution in [0, 0.1) is 12.3 Å². The molecule has 0 aromatic carbocycles. The molecule has 0 spiro atoms. The van der Waals surface area contributed by atoms with Gasteiger partial charge < -0.3 is 10.6 Å². The van der Waals surface area contributed by atoms with Crippen molar-refractivity contribution in [2.45, 2.75) is 26.7 Å². The molecule has 2 rings (SSSR count). The van der Waals surface area contributed by atoms with Gasteiger partial charge in [0.1, 0.15) is 0 Å². The fraction of sp³-hybridized carbons (Fsp3) is 0.571. The van der Waals surface area contributed by atoms with E-state index in [1.165, 1.54) is 6.42 Å². The quantitative estimate of drug-likeness (QED) is 0.899. The largest absolute Gasteiger partial charge is 0.351 e. The minimum Gasteiger partial charge on any atom is -0.351 e. The van der Waals surface area contributed by atoms with E-state index in [0.29, 0.717) is 12.1 Å². The third kappa shape index (κ3) is 5.27. The fourth-order valence-corrected chi connectivity index (χ4v) is 2.27. The third-order valence-electron chi connectivity index (χ3n) is 3.53.